The second-order valence-corrected chi connectivity index (χ2v) is 5.32. The fourth-order valence-electron chi connectivity index (χ4n) is 2.28. The molecule has 2 aromatic carbocycles. The summed E-state index contributed by atoms with van der Waals surface area (Å²) in [6.07, 6.45) is 1.50. The highest BCUT2D eigenvalue weighted by molar-refractivity contribution is 5.82. The van der Waals surface area contributed by atoms with Crippen LogP contribution in [-0.2, 0) is 4.84 Å². The minimum absolute atomic E-state index is 0.0147. The van der Waals surface area contributed by atoms with Crippen molar-refractivity contribution in [3.63, 3.8) is 0 Å². The van der Waals surface area contributed by atoms with Gasteiger partial charge in [0.05, 0.1) is 24.4 Å². The number of aromatic nitrogens is 2. The van der Waals surface area contributed by atoms with Crippen LogP contribution in [-0.4, -0.2) is 35.0 Å². The van der Waals surface area contributed by atoms with Gasteiger partial charge >= 0.3 is 0 Å². The van der Waals surface area contributed by atoms with Crippen LogP contribution in [0, 0.1) is 11.3 Å². The molecule has 0 aliphatic heterocycles. The van der Waals surface area contributed by atoms with Crippen LogP contribution < -0.4 is 4.74 Å². The number of imidazole rings is 1. The first-order valence-corrected chi connectivity index (χ1v) is 7.78. The van der Waals surface area contributed by atoms with Gasteiger partial charge in [0.1, 0.15) is 17.4 Å². The lowest BCUT2D eigenvalue weighted by Gasteiger charge is -2.01. The van der Waals surface area contributed by atoms with Gasteiger partial charge in [-0.1, -0.05) is 17.3 Å². The molecule has 0 aliphatic carbocycles. The van der Waals surface area contributed by atoms with E-state index in [9.17, 15) is 10.4 Å². The molecule has 1 heterocycles. The maximum atomic E-state index is 10.1. The number of oxime groups is 1. The van der Waals surface area contributed by atoms with Crippen LogP contribution in [0.3, 0.4) is 0 Å². The summed E-state index contributed by atoms with van der Waals surface area (Å²) in [5.74, 6) is 0.778. The van der Waals surface area contributed by atoms with Crippen molar-refractivity contribution >= 4 is 22.8 Å². The van der Waals surface area contributed by atoms with Crippen LogP contribution in [0.1, 0.15) is 11.4 Å². The molecule has 130 valence electrons. The molecule has 0 radical (unpaired) electrons. The monoisotopic (exact) mass is 348 g/mol. The number of hydrogen-bond donors (Lipinski definition) is 2. The van der Waals surface area contributed by atoms with Gasteiger partial charge in [-0.05, 0) is 42.0 Å². The zero-order chi connectivity index (χ0) is 18.4. The summed E-state index contributed by atoms with van der Waals surface area (Å²) in [5, 5.41) is 23.3. The van der Waals surface area contributed by atoms with Crippen molar-refractivity contribution in [2.75, 3.05) is 13.7 Å². The van der Waals surface area contributed by atoms with Crippen LogP contribution >= 0.6 is 0 Å². The molecular weight excluding hydrogens is 332 g/mol. The number of methoxy groups -OCH3 is 1. The number of rotatable bonds is 6. The molecule has 0 saturated heterocycles. The number of nitrogens with zero attached hydrogens (tertiary/aromatic N) is 3. The normalized spacial score (nSPS) is 12.0. The van der Waals surface area contributed by atoms with Crippen LogP contribution in [0.2, 0.25) is 0 Å². The van der Waals surface area contributed by atoms with Gasteiger partial charge < -0.3 is 19.7 Å². The van der Waals surface area contributed by atoms with E-state index >= 15 is 0 Å². The van der Waals surface area contributed by atoms with E-state index in [2.05, 4.69) is 15.1 Å². The highest BCUT2D eigenvalue weighted by Gasteiger charge is 2.13. The van der Waals surface area contributed by atoms with Crippen molar-refractivity contribution in [3.8, 4) is 11.8 Å². The number of allylic oxidation sites excluding steroid dienone is 1. The van der Waals surface area contributed by atoms with E-state index < -0.39 is 0 Å². The van der Waals surface area contributed by atoms with Gasteiger partial charge in [0.15, 0.2) is 18.2 Å². The van der Waals surface area contributed by atoms with E-state index in [1.165, 1.54) is 6.21 Å². The molecule has 0 aliphatic rings. The number of aromatic amines is 1. The number of nitriles is 1. The Bertz CT molecular complexity index is 965. The third kappa shape index (κ3) is 3.82. The zero-order valence-corrected chi connectivity index (χ0v) is 14.0. The standard InChI is InChI=1S/C19H16N4O3/c1-25-14-8-6-13(7-9-14)11-21-26-12-18(24)15(10-20)19-22-16-4-2-3-5-17(16)23-19/h2-9,11,24H,12H2,1H3,(H,22,23)/b18-15?,21-11-. The van der Waals surface area contributed by atoms with Gasteiger partial charge in [0, 0.05) is 0 Å². The Kier molecular flexibility index (Phi) is 5.15. The summed E-state index contributed by atoms with van der Waals surface area (Å²) >= 11 is 0. The number of fused-ring (bicyclic) bond motifs is 1. The Morgan fingerprint density at radius 1 is 1.27 bits per heavy atom. The molecular formula is C19H16N4O3. The van der Waals surface area contributed by atoms with Gasteiger partial charge in [-0.2, -0.15) is 5.26 Å². The summed E-state index contributed by atoms with van der Waals surface area (Å²) in [6.45, 7) is -0.243. The number of hydrogen-bond acceptors (Lipinski definition) is 6. The first kappa shape index (κ1) is 17.0. The molecule has 3 aromatic rings. The lowest BCUT2D eigenvalue weighted by molar-refractivity contribution is 0.139. The predicted octanol–water partition coefficient (Wildman–Crippen LogP) is 3.41. The summed E-state index contributed by atoms with van der Waals surface area (Å²) in [5.41, 5.74) is 2.32. The number of benzene rings is 2. The molecule has 0 amide bonds. The van der Waals surface area contributed by atoms with Crippen molar-refractivity contribution in [1.29, 1.82) is 5.26 Å². The van der Waals surface area contributed by atoms with Crippen LogP contribution in [0.25, 0.3) is 16.6 Å². The average Bonchev–Trinajstić information content (AvgIpc) is 3.10. The molecule has 7 nitrogen and oxygen atoms in total. The molecule has 0 fully saturated rings. The minimum Gasteiger partial charge on any atom is -0.507 e. The van der Waals surface area contributed by atoms with Crippen molar-refractivity contribution in [2.24, 2.45) is 5.16 Å². The van der Waals surface area contributed by atoms with Gasteiger partial charge in [-0.15, -0.1) is 0 Å². The third-order valence-corrected chi connectivity index (χ3v) is 3.62. The molecule has 0 saturated carbocycles. The molecule has 7 heteroatoms. The maximum absolute atomic E-state index is 10.1. The van der Waals surface area contributed by atoms with Gasteiger partial charge in [-0.3, -0.25) is 0 Å². The highest BCUT2D eigenvalue weighted by Crippen LogP contribution is 2.18. The first-order chi connectivity index (χ1) is 12.7. The van der Waals surface area contributed by atoms with E-state index in [0.717, 1.165) is 16.8 Å². The Balaban J connectivity index is 1.68. The largest absolute Gasteiger partial charge is 0.507 e. The Labute approximate surface area is 149 Å². The molecule has 0 bridgehead atoms. The van der Waals surface area contributed by atoms with Crippen LogP contribution in [0.5, 0.6) is 5.75 Å². The molecule has 0 unspecified atom stereocenters. The van der Waals surface area contributed by atoms with Crippen molar-refractivity contribution in [2.45, 2.75) is 0 Å². The highest BCUT2D eigenvalue weighted by atomic mass is 16.6. The van der Waals surface area contributed by atoms with E-state index in [-0.39, 0.29) is 23.8 Å². The number of H-pyrrole nitrogens is 1. The number of nitrogens with one attached hydrogen (secondary N) is 1. The lowest BCUT2D eigenvalue weighted by atomic mass is 10.2. The molecule has 0 atom stereocenters. The predicted molar refractivity (Wildman–Crippen MR) is 97.8 cm³/mol. The van der Waals surface area contributed by atoms with Crippen molar-refractivity contribution in [1.82, 2.24) is 9.97 Å². The smallest absolute Gasteiger partial charge is 0.175 e. The first-order valence-electron chi connectivity index (χ1n) is 7.78. The summed E-state index contributed by atoms with van der Waals surface area (Å²) in [6, 6.07) is 16.5. The number of para-hydroxylation sites is 2. The minimum atomic E-state index is -0.251. The number of aliphatic hydroxyl groups is 1. The SMILES string of the molecule is COc1ccc(/C=N\OCC(O)=C(C#N)c2nc3ccccc3[nH]2)cc1. The van der Waals surface area contributed by atoms with Crippen molar-refractivity contribution < 1.29 is 14.7 Å². The summed E-state index contributed by atoms with van der Waals surface area (Å²) in [4.78, 5) is 12.4. The lowest BCUT2D eigenvalue weighted by Crippen LogP contribution is -1.99. The second-order valence-electron chi connectivity index (χ2n) is 5.32. The van der Waals surface area contributed by atoms with E-state index in [0.29, 0.717) is 5.52 Å². The fourth-order valence-corrected chi connectivity index (χ4v) is 2.28. The molecule has 2 N–H and O–H groups in total. The second kappa shape index (κ2) is 7.85. The molecule has 3 rings (SSSR count). The third-order valence-electron chi connectivity index (χ3n) is 3.62. The fraction of sp³-hybridized carbons (Fsp3) is 0.105. The van der Waals surface area contributed by atoms with Crippen molar-refractivity contribution in [3.05, 3.63) is 65.7 Å². The topological polar surface area (TPSA) is 104 Å². The quantitative estimate of drug-likeness (QED) is 0.307. The average molecular weight is 348 g/mol. The number of ether oxygens (including phenoxy) is 1. The van der Waals surface area contributed by atoms with E-state index in [1.54, 1.807) is 19.2 Å². The Morgan fingerprint density at radius 2 is 2.04 bits per heavy atom. The molecule has 26 heavy (non-hydrogen) atoms. The van der Waals surface area contributed by atoms with E-state index in [1.807, 2.05) is 42.5 Å². The van der Waals surface area contributed by atoms with Crippen LogP contribution in [0.15, 0.2) is 59.4 Å². The van der Waals surface area contributed by atoms with Gasteiger partial charge in [-0.25, -0.2) is 4.98 Å². The molecule has 0 spiro atoms. The number of aliphatic hydroxyl groups excluding tert-OH is 1. The maximum Gasteiger partial charge on any atom is 0.175 e. The Hall–Kier alpha value is -3.79. The van der Waals surface area contributed by atoms with Gasteiger partial charge in [0.2, 0.25) is 0 Å². The summed E-state index contributed by atoms with van der Waals surface area (Å²) < 4.78 is 5.07. The zero-order valence-electron chi connectivity index (χ0n) is 14.0. The summed E-state index contributed by atoms with van der Waals surface area (Å²) in [7, 11) is 1.59. The van der Waals surface area contributed by atoms with Gasteiger partial charge in [0.25, 0.3) is 0 Å². The van der Waals surface area contributed by atoms with Crippen LogP contribution in [0.4, 0.5) is 0 Å². The Morgan fingerprint density at radius 3 is 2.73 bits per heavy atom. The van der Waals surface area contributed by atoms with E-state index in [4.69, 9.17) is 9.57 Å². The molecule has 1 aromatic heterocycles.